The van der Waals surface area contributed by atoms with E-state index in [2.05, 4.69) is 4.74 Å². The first-order valence-corrected chi connectivity index (χ1v) is 2.23. The fourth-order valence-corrected chi connectivity index (χ4v) is 0.269. The first-order valence-electron chi connectivity index (χ1n) is 2.23. The lowest BCUT2D eigenvalue weighted by atomic mass is 10.7. The zero-order valence-electron chi connectivity index (χ0n) is 4.70. The Morgan fingerprint density at radius 1 is 1.56 bits per heavy atom. The van der Waals surface area contributed by atoms with Crippen LogP contribution in [0.3, 0.4) is 0 Å². The highest BCUT2D eigenvalue weighted by Gasteiger charge is 2.32. The summed E-state index contributed by atoms with van der Waals surface area (Å²) < 4.78 is 48.9. The van der Waals surface area contributed by atoms with Crippen molar-refractivity contribution < 1.29 is 22.3 Å². The minimum absolute atomic E-state index is 0.754. The second-order valence-electron chi connectivity index (χ2n) is 1.43. The van der Waals surface area contributed by atoms with Crippen molar-refractivity contribution >= 4 is 0 Å². The van der Waals surface area contributed by atoms with E-state index < -0.39 is 19.1 Å². The Hall–Kier alpha value is -0.320. The van der Waals surface area contributed by atoms with E-state index in [9.17, 15) is 17.6 Å². The van der Waals surface area contributed by atoms with E-state index in [-0.39, 0.29) is 0 Å². The molecule has 0 aromatic rings. The van der Waals surface area contributed by atoms with Crippen molar-refractivity contribution in [2.75, 3.05) is 6.67 Å². The molecule has 0 N–H and O–H groups in total. The smallest absolute Gasteiger partial charge is 0.284 e. The molecule has 1 unspecified atom stereocenters. The first kappa shape index (κ1) is 8.68. The third-order valence-electron chi connectivity index (χ3n) is 0.490. The van der Waals surface area contributed by atoms with E-state index in [1.807, 2.05) is 0 Å². The van der Waals surface area contributed by atoms with Crippen LogP contribution in [-0.2, 0) is 4.74 Å². The van der Waals surface area contributed by atoms with Crippen molar-refractivity contribution in [1.29, 1.82) is 0 Å². The van der Waals surface area contributed by atoms with Gasteiger partial charge in [0.1, 0.15) is 0 Å². The van der Waals surface area contributed by atoms with Gasteiger partial charge in [-0.1, -0.05) is 0 Å². The summed E-state index contributed by atoms with van der Waals surface area (Å²) >= 11 is 0. The van der Waals surface area contributed by atoms with Crippen molar-refractivity contribution in [3.8, 4) is 0 Å². The summed E-state index contributed by atoms with van der Waals surface area (Å²) in [5.41, 5.74) is 0. The summed E-state index contributed by atoms with van der Waals surface area (Å²) in [4.78, 5) is 0. The molecule has 0 saturated heterocycles. The second-order valence-corrected chi connectivity index (χ2v) is 1.43. The molecular formula is C4H6F4O. The summed E-state index contributed by atoms with van der Waals surface area (Å²) in [5.74, 6) is 0. The molecule has 0 rings (SSSR count). The average molecular weight is 146 g/mol. The summed E-state index contributed by atoms with van der Waals surface area (Å²) in [5, 5.41) is 0. The fourth-order valence-electron chi connectivity index (χ4n) is 0.269. The van der Waals surface area contributed by atoms with E-state index in [0.717, 1.165) is 6.92 Å². The number of ether oxygens (including phenoxy) is 1. The van der Waals surface area contributed by atoms with Gasteiger partial charge in [0.05, 0.1) is 0 Å². The summed E-state index contributed by atoms with van der Waals surface area (Å²) in [6.07, 6.45) is -6.12. The van der Waals surface area contributed by atoms with Gasteiger partial charge in [0, 0.05) is 0 Å². The van der Waals surface area contributed by atoms with Gasteiger partial charge in [0.15, 0.2) is 6.67 Å². The number of alkyl halides is 4. The predicted molar refractivity (Wildman–Crippen MR) is 22.6 cm³/mol. The molecule has 0 aliphatic rings. The van der Waals surface area contributed by atoms with E-state index >= 15 is 0 Å². The molecule has 9 heavy (non-hydrogen) atoms. The van der Waals surface area contributed by atoms with E-state index in [1.54, 1.807) is 0 Å². The molecule has 0 spiro atoms. The van der Waals surface area contributed by atoms with Gasteiger partial charge in [0.25, 0.3) is 0 Å². The van der Waals surface area contributed by atoms with Gasteiger partial charge >= 0.3 is 6.11 Å². The SMILES string of the molecule is CC(F)OC(F)(F)CF. The third-order valence-corrected chi connectivity index (χ3v) is 0.490. The molecule has 0 heterocycles. The molecular weight excluding hydrogens is 140 g/mol. The molecule has 0 aromatic heterocycles. The van der Waals surface area contributed by atoms with Gasteiger partial charge in [-0.15, -0.1) is 0 Å². The standard InChI is InChI=1S/C4H6F4O/c1-3(6)9-4(7,8)2-5/h3H,2H2,1H3. The fraction of sp³-hybridized carbons (Fsp3) is 1.00. The normalized spacial score (nSPS) is 15.7. The first-order chi connectivity index (χ1) is 3.98. The van der Waals surface area contributed by atoms with Crippen molar-refractivity contribution in [1.82, 2.24) is 0 Å². The Morgan fingerprint density at radius 2 is 2.00 bits per heavy atom. The van der Waals surface area contributed by atoms with E-state index in [0.29, 0.717) is 0 Å². The van der Waals surface area contributed by atoms with Gasteiger partial charge in [-0.3, -0.25) is 4.74 Å². The molecule has 0 bridgehead atoms. The zero-order chi connectivity index (χ0) is 7.49. The average Bonchev–Trinajstić information content (AvgIpc) is 1.63. The molecule has 1 atom stereocenters. The summed E-state index contributed by atoms with van der Waals surface area (Å²) in [6, 6.07) is 0. The molecule has 0 fully saturated rings. The molecule has 0 aromatic carbocycles. The Labute approximate surface area is 49.6 Å². The minimum atomic E-state index is -3.98. The Morgan fingerprint density at radius 3 is 2.11 bits per heavy atom. The highest BCUT2D eigenvalue weighted by molar-refractivity contribution is 4.47. The molecule has 0 radical (unpaired) electrons. The predicted octanol–water partition coefficient (Wildman–Crippen LogP) is 1.88. The van der Waals surface area contributed by atoms with Gasteiger partial charge in [-0.25, -0.2) is 8.78 Å². The number of hydrogen-bond donors (Lipinski definition) is 0. The highest BCUT2D eigenvalue weighted by Crippen LogP contribution is 2.17. The van der Waals surface area contributed by atoms with E-state index in [4.69, 9.17) is 0 Å². The zero-order valence-corrected chi connectivity index (χ0v) is 4.70. The highest BCUT2D eigenvalue weighted by atomic mass is 19.3. The van der Waals surface area contributed by atoms with Crippen LogP contribution in [0.4, 0.5) is 17.6 Å². The number of hydrogen-bond acceptors (Lipinski definition) is 1. The third kappa shape index (κ3) is 4.20. The van der Waals surface area contributed by atoms with Crippen LogP contribution in [0, 0.1) is 0 Å². The van der Waals surface area contributed by atoms with Crippen molar-refractivity contribution in [3.63, 3.8) is 0 Å². The molecule has 1 nitrogen and oxygen atoms in total. The van der Waals surface area contributed by atoms with Gasteiger partial charge < -0.3 is 0 Å². The number of rotatable bonds is 3. The minimum Gasteiger partial charge on any atom is -0.284 e. The van der Waals surface area contributed by atoms with Crippen LogP contribution >= 0.6 is 0 Å². The van der Waals surface area contributed by atoms with Crippen molar-refractivity contribution in [2.24, 2.45) is 0 Å². The van der Waals surface area contributed by atoms with Gasteiger partial charge in [-0.2, -0.15) is 8.78 Å². The molecule has 0 amide bonds. The Balaban J connectivity index is 3.58. The van der Waals surface area contributed by atoms with Gasteiger partial charge in [0.2, 0.25) is 6.36 Å². The lowest BCUT2D eigenvalue weighted by Gasteiger charge is -2.12. The Kier molecular flexibility index (Phi) is 2.90. The van der Waals surface area contributed by atoms with Crippen molar-refractivity contribution in [2.45, 2.75) is 19.4 Å². The maximum atomic E-state index is 11.6. The topological polar surface area (TPSA) is 9.23 Å². The quantitative estimate of drug-likeness (QED) is 0.552. The molecule has 0 aliphatic carbocycles. The monoisotopic (exact) mass is 146 g/mol. The number of halogens is 4. The van der Waals surface area contributed by atoms with Gasteiger partial charge in [-0.05, 0) is 6.92 Å². The summed E-state index contributed by atoms with van der Waals surface area (Å²) in [6.45, 7) is -1.25. The maximum Gasteiger partial charge on any atom is 0.386 e. The van der Waals surface area contributed by atoms with Crippen LogP contribution in [0.5, 0.6) is 0 Å². The van der Waals surface area contributed by atoms with Crippen molar-refractivity contribution in [3.05, 3.63) is 0 Å². The van der Waals surface area contributed by atoms with Crippen LogP contribution in [0.1, 0.15) is 6.92 Å². The lowest BCUT2D eigenvalue weighted by Crippen LogP contribution is -2.26. The molecule has 5 heteroatoms. The lowest BCUT2D eigenvalue weighted by molar-refractivity contribution is -0.288. The molecule has 56 valence electrons. The molecule has 0 aliphatic heterocycles. The van der Waals surface area contributed by atoms with E-state index in [1.165, 1.54) is 0 Å². The maximum absolute atomic E-state index is 11.6. The largest absolute Gasteiger partial charge is 0.386 e. The summed E-state index contributed by atoms with van der Waals surface area (Å²) in [7, 11) is 0. The molecule has 0 saturated carbocycles. The Bertz CT molecular complexity index is 82.6. The van der Waals surface area contributed by atoms with Crippen LogP contribution in [0.2, 0.25) is 0 Å². The second kappa shape index (κ2) is 3.00. The van der Waals surface area contributed by atoms with Crippen LogP contribution in [0.15, 0.2) is 0 Å². The van der Waals surface area contributed by atoms with Crippen LogP contribution < -0.4 is 0 Å². The van der Waals surface area contributed by atoms with Crippen LogP contribution in [0.25, 0.3) is 0 Å². The van der Waals surface area contributed by atoms with Crippen LogP contribution in [-0.4, -0.2) is 19.1 Å².